The maximum Gasteiger partial charge on any atom is 0.338 e. The maximum atomic E-state index is 11.8. The van der Waals surface area contributed by atoms with Crippen LogP contribution in [0, 0.1) is 0 Å². The Morgan fingerprint density at radius 3 is 2.43 bits per heavy atom. The van der Waals surface area contributed by atoms with Crippen LogP contribution in [0.2, 0.25) is 15.1 Å². The van der Waals surface area contributed by atoms with Gasteiger partial charge in [-0.1, -0.05) is 46.9 Å². The minimum atomic E-state index is -0.618. The van der Waals surface area contributed by atoms with Gasteiger partial charge in [-0.2, -0.15) is 0 Å². The first-order valence-corrected chi connectivity index (χ1v) is 7.72. The molecular weight excluding hydrogens is 361 g/mol. The second-order valence-corrected chi connectivity index (χ2v) is 5.88. The first-order valence-electron chi connectivity index (χ1n) is 6.59. The Bertz CT molecular complexity index is 734. The maximum absolute atomic E-state index is 11.8. The van der Waals surface area contributed by atoms with Gasteiger partial charge in [-0.15, -0.1) is 0 Å². The number of carbonyl (C=O) groups is 2. The molecule has 7 heteroatoms. The third-order valence-corrected chi connectivity index (χ3v) is 3.71. The molecule has 0 aromatic heterocycles. The number of carbonyl (C=O) groups excluding carboxylic acids is 2. The molecule has 1 amide bonds. The predicted octanol–water partition coefficient (Wildman–Crippen LogP) is 4.12. The zero-order chi connectivity index (χ0) is 16.8. The molecule has 0 saturated heterocycles. The van der Waals surface area contributed by atoms with E-state index < -0.39 is 18.5 Å². The van der Waals surface area contributed by atoms with Gasteiger partial charge in [0.2, 0.25) is 0 Å². The average Bonchev–Trinajstić information content (AvgIpc) is 2.51. The van der Waals surface area contributed by atoms with Crippen molar-refractivity contribution in [1.82, 2.24) is 5.32 Å². The van der Waals surface area contributed by atoms with E-state index in [9.17, 15) is 9.59 Å². The minimum absolute atomic E-state index is 0.212. The van der Waals surface area contributed by atoms with Crippen molar-refractivity contribution in [3.63, 3.8) is 0 Å². The molecule has 1 N–H and O–H groups in total. The number of esters is 1. The van der Waals surface area contributed by atoms with Crippen molar-refractivity contribution in [2.75, 3.05) is 6.61 Å². The lowest BCUT2D eigenvalue weighted by atomic mass is 10.2. The fourth-order valence-corrected chi connectivity index (χ4v) is 2.41. The van der Waals surface area contributed by atoms with Gasteiger partial charge >= 0.3 is 5.97 Å². The number of ether oxygens (including phenoxy) is 1. The molecule has 0 heterocycles. The van der Waals surface area contributed by atoms with Crippen molar-refractivity contribution >= 4 is 46.7 Å². The molecule has 0 aliphatic rings. The topological polar surface area (TPSA) is 55.4 Å². The first kappa shape index (κ1) is 17.6. The first-order chi connectivity index (χ1) is 11.0. The van der Waals surface area contributed by atoms with E-state index in [1.165, 1.54) is 6.07 Å². The monoisotopic (exact) mass is 371 g/mol. The molecule has 0 fully saturated rings. The van der Waals surface area contributed by atoms with Crippen LogP contribution in [0.25, 0.3) is 0 Å². The molecule has 23 heavy (non-hydrogen) atoms. The zero-order valence-corrected chi connectivity index (χ0v) is 14.1. The van der Waals surface area contributed by atoms with E-state index in [-0.39, 0.29) is 12.1 Å². The van der Waals surface area contributed by atoms with Gasteiger partial charge in [-0.3, -0.25) is 4.79 Å². The van der Waals surface area contributed by atoms with Gasteiger partial charge in [-0.25, -0.2) is 4.79 Å². The van der Waals surface area contributed by atoms with E-state index in [0.717, 1.165) is 0 Å². The van der Waals surface area contributed by atoms with Crippen LogP contribution >= 0.6 is 34.8 Å². The van der Waals surface area contributed by atoms with Crippen molar-refractivity contribution < 1.29 is 14.3 Å². The molecule has 0 aliphatic carbocycles. The summed E-state index contributed by atoms with van der Waals surface area (Å²) < 4.78 is 4.92. The Labute approximate surface area is 148 Å². The molecule has 2 aromatic carbocycles. The van der Waals surface area contributed by atoms with E-state index in [4.69, 9.17) is 39.5 Å². The van der Waals surface area contributed by atoms with Crippen molar-refractivity contribution in [1.29, 1.82) is 0 Å². The summed E-state index contributed by atoms with van der Waals surface area (Å²) in [5, 5.41) is 3.99. The summed E-state index contributed by atoms with van der Waals surface area (Å²) in [6, 6.07) is 11.3. The van der Waals surface area contributed by atoms with E-state index in [1.807, 2.05) is 0 Å². The third-order valence-electron chi connectivity index (χ3n) is 2.89. The summed E-state index contributed by atoms with van der Waals surface area (Å²) in [5.41, 5.74) is 0.997. The molecular formula is C16H12Cl3NO3. The van der Waals surface area contributed by atoms with E-state index in [2.05, 4.69) is 5.32 Å². The highest BCUT2D eigenvalue weighted by molar-refractivity contribution is 6.35. The SMILES string of the molecule is O=C(COC(=O)c1cccc(Cl)c1)NCc1ccc(Cl)cc1Cl. The lowest BCUT2D eigenvalue weighted by Crippen LogP contribution is -2.28. The standard InChI is InChI=1S/C16H12Cl3NO3/c17-12-3-1-2-10(6-12)16(22)23-9-15(21)20-8-11-4-5-13(18)7-14(11)19/h1-7H,8-9H2,(H,20,21). The zero-order valence-electron chi connectivity index (χ0n) is 11.8. The number of amides is 1. The number of halogens is 3. The molecule has 2 rings (SSSR count). The van der Waals surface area contributed by atoms with Crippen LogP contribution in [0.15, 0.2) is 42.5 Å². The van der Waals surface area contributed by atoms with Gasteiger partial charge in [0.05, 0.1) is 5.56 Å². The Hall–Kier alpha value is -1.75. The fourth-order valence-electron chi connectivity index (χ4n) is 1.74. The van der Waals surface area contributed by atoms with Gasteiger partial charge < -0.3 is 10.1 Å². The van der Waals surface area contributed by atoms with Gasteiger partial charge in [0.1, 0.15) is 0 Å². The number of benzene rings is 2. The van der Waals surface area contributed by atoms with Crippen LogP contribution < -0.4 is 5.32 Å². The Morgan fingerprint density at radius 2 is 1.74 bits per heavy atom. The van der Waals surface area contributed by atoms with Crippen LogP contribution in [-0.2, 0) is 16.1 Å². The van der Waals surface area contributed by atoms with E-state index in [0.29, 0.717) is 20.6 Å². The third kappa shape index (κ3) is 5.43. The highest BCUT2D eigenvalue weighted by Gasteiger charge is 2.11. The lowest BCUT2D eigenvalue weighted by Gasteiger charge is -2.08. The fraction of sp³-hybridized carbons (Fsp3) is 0.125. The smallest absolute Gasteiger partial charge is 0.338 e. The Morgan fingerprint density at radius 1 is 1.00 bits per heavy atom. The predicted molar refractivity (Wildman–Crippen MR) is 90.0 cm³/mol. The van der Waals surface area contributed by atoms with Crippen LogP contribution in [0.4, 0.5) is 0 Å². The summed E-state index contributed by atoms with van der Waals surface area (Å²) >= 11 is 17.6. The number of hydrogen-bond donors (Lipinski definition) is 1. The molecule has 0 saturated carbocycles. The summed E-state index contributed by atoms with van der Waals surface area (Å²) in [4.78, 5) is 23.5. The van der Waals surface area contributed by atoms with Crippen LogP contribution in [0.5, 0.6) is 0 Å². The molecule has 0 spiro atoms. The highest BCUT2D eigenvalue weighted by atomic mass is 35.5. The van der Waals surface area contributed by atoms with Crippen molar-refractivity contribution in [3.8, 4) is 0 Å². The summed E-state index contributed by atoms with van der Waals surface area (Å²) in [6.07, 6.45) is 0. The van der Waals surface area contributed by atoms with Crippen molar-refractivity contribution in [2.24, 2.45) is 0 Å². The summed E-state index contributed by atoms with van der Waals surface area (Å²) in [6.45, 7) is -0.180. The molecule has 2 aromatic rings. The van der Waals surface area contributed by atoms with Crippen LogP contribution in [-0.4, -0.2) is 18.5 Å². The highest BCUT2D eigenvalue weighted by Crippen LogP contribution is 2.20. The second kappa shape index (κ2) is 8.20. The second-order valence-electron chi connectivity index (χ2n) is 4.60. The average molecular weight is 373 g/mol. The quantitative estimate of drug-likeness (QED) is 0.803. The van der Waals surface area contributed by atoms with Crippen LogP contribution in [0.3, 0.4) is 0 Å². The van der Waals surface area contributed by atoms with Gasteiger partial charge in [0.15, 0.2) is 6.61 Å². The van der Waals surface area contributed by atoms with E-state index in [1.54, 1.807) is 36.4 Å². The minimum Gasteiger partial charge on any atom is -0.452 e. The van der Waals surface area contributed by atoms with Crippen molar-refractivity contribution in [2.45, 2.75) is 6.54 Å². The van der Waals surface area contributed by atoms with Crippen molar-refractivity contribution in [3.05, 3.63) is 68.7 Å². The largest absolute Gasteiger partial charge is 0.452 e. The molecule has 0 aliphatic heterocycles. The molecule has 0 atom stereocenters. The van der Waals surface area contributed by atoms with E-state index >= 15 is 0 Å². The normalized spacial score (nSPS) is 10.2. The number of rotatable bonds is 5. The molecule has 4 nitrogen and oxygen atoms in total. The number of hydrogen-bond acceptors (Lipinski definition) is 3. The van der Waals surface area contributed by atoms with Gasteiger partial charge in [-0.05, 0) is 35.9 Å². The lowest BCUT2D eigenvalue weighted by molar-refractivity contribution is -0.124. The molecule has 0 bridgehead atoms. The number of nitrogens with one attached hydrogen (secondary N) is 1. The van der Waals surface area contributed by atoms with Gasteiger partial charge in [0, 0.05) is 21.6 Å². The summed E-state index contributed by atoms with van der Waals surface area (Å²) in [5.74, 6) is -1.06. The molecule has 120 valence electrons. The summed E-state index contributed by atoms with van der Waals surface area (Å²) in [7, 11) is 0. The molecule has 0 unspecified atom stereocenters. The molecule has 0 radical (unpaired) electrons. The van der Waals surface area contributed by atoms with Gasteiger partial charge in [0.25, 0.3) is 5.91 Å². The van der Waals surface area contributed by atoms with Crippen LogP contribution in [0.1, 0.15) is 15.9 Å². The Balaban J connectivity index is 1.82. The Kier molecular flexibility index (Phi) is 6.28.